The van der Waals surface area contributed by atoms with Gasteiger partial charge in [-0.2, -0.15) is 0 Å². The molecule has 0 aliphatic heterocycles. The second-order valence-electron chi connectivity index (χ2n) is 2.49. The maximum atomic E-state index is 5.57. The molecule has 0 atom stereocenters. The molecule has 0 aliphatic rings. The summed E-state index contributed by atoms with van der Waals surface area (Å²) in [6.45, 7) is 0. The molecule has 0 spiro atoms. The van der Waals surface area contributed by atoms with Crippen molar-refractivity contribution >= 4 is 23.8 Å². The molecule has 2 N–H and O–H groups in total. The third-order valence-electron chi connectivity index (χ3n) is 1.39. The highest BCUT2D eigenvalue weighted by Crippen LogP contribution is 2.13. The van der Waals surface area contributed by atoms with Crippen LogP contribution in [0.3, 0.4) is 0 Å². The van der Waals surface area contributed by atoms with Crippen molar-refractivity contribution < 1.29 is 0 Å². The summed E-state index contributed by atoms with van der Waals surface area (Å²) in [7, 11) is 3.99. The van der Waals surface area contributed by atoms with E-state index in [1.807, 2.05) is 43.3 Å². The summed E-state index contributed by atoms with van der Waals surface area (Å²) < 4.78 is 0. The summed E-state index contributed by atoms with van der Waals surface area (Å²) in [5, 5.41) is 0. The molecule has 0 unspecified atom stereocenters. The average molecular weight is 173 g/mol. The van der Waals surface area contributed by atoms with E-state index < -0.39 is 0 Å². The van der Waals surface area contributed by atoms with E-state index in [0.29, 0.717) is 0 Å². The number of benzene rings is 1. The molecule has 1 aromatic carbocycles. The largest absolute Gasteiger partial charge is 0.399 e. The van der Waals surface area contributed by atoms with Crippen molar-refractivity contribution in [3.63, 3.8) is 0 Å². The molecule has 0 saturated carbocycles. The Morgan fingerprint density at radius 3 is 2.27 bits per heavy atom. The van der Waals surface area contributed by atoms with Crippen LogP contribution in [0.1, 0.15) is 0 Å². The van der Waals surface area contributed by atoms with Gasteiger partial charge in [-0.3, -0.25) is 0 Å². The van der Waals surface area contributed by atoms with Crippen LogP contribution in [0.4, 0.5) is 11.4 Å². The van der Waals surface area contributed by atoms with Crippen molar-refractivity contribution in [2.45, 2.75) is 0 Å². The smallest absolute Gasteiger partial charge is 0.0381 e. The Balaban J connectivity index is 0.000001000. The van der Waals surface area contributed by atoms with Crippen LogP contribution in [0.2, 0.25) is 0 Å². The predicted octanol–water partition coefficient (Wildman–Crippen LogP) is 1.76. The Morgan fingerprint density at radius 1 is 1.27 bits per heavy atom. The lowest BCUT2D eigenvalue weighted by molar-refractivity contribution is 1.13. The van der Waals surface area contributed by atoms with Crippen LogP contribution in [-0.4, -0.2) is 14.1 Å². The van der Waals surface area contributed by atoms with Gasteiger partial charge in [-0.25, -0.2) is 0 Å². The van der Waals surface area contributed by atoms with E-state index in [9.17, 15) is 0 Å². The van der Waals surface area contributed by atoms with Crippen LogP contribution in [0.15, 0.2) is 24.3 Å². The van der Waals surface area contributed by atoms with Crippen LogP contribution in [0, 0.1) is 0 Å². The molecule has 1 aromatic rings. The third kappa shape index (κ3) is 2.68. The molecule has 0 fully saturated rings. The molecule has 0 amide bonds. The topological polar surface area (TPSA) is 29.3 Å². The predicted molar refractivity (Wildman–Crippen MR) is 52.4 cm³/mol. The SMILES string of the molecule is CN(C)c1cccc(N)c1.Cl. The zero-order valence-electron chi connectivity index (χ0n) is 6.74. The van der Waals surface area contributed by atoms with Gasteiger partial charge in [0.1, 0.15) is 0 Å². The standard InChI is InChI=1S/C8H12N2.ClH/c1-10(2)8-5-3-4-7(9)6-8;/h3-6H,9H2,1-2H3;1H. The molecule has 3 heteroatoms. The number of nitrogens with zero attached hydrogens (tertiary/aromatic N) is 1. The van der Waals surface area contributed by atoms with Crippen molar-refractivity contribution in [1.29, 1.82) is 0 Å². The minimum Gasteiger partial charge on any atom is -0.399 e. The van der Waals surface area contributed by atoms with Crippen molar-refractivity contribution in [1.82, 2.24) is 0 Å². The Bertz CT molecular complexity index is 223. The van der Waals surface area contributed by atoms with Gasteiger partial charge < -0.3 is 10.6 Å². The Morgan fingerprint density at radius 2 is 1.91 bits per heavy atom. The van der Waals surface area contributed by atoms with Gasteiger partial charge in [-0.15, -0.1) is 12.4 Å². The maximum absolute atomic E-state index is 5.57. The molecular formula is C8H13ClN2. The van der Waals surface area contributed by atoms with Crippen molar-refractivity contribution in [3.8, 4) is 0 Å². The lowest BCUT2D eigenvalue weighted by Crippen LogP contribution is -2.08. The summed E-state index contributed by atoms with van der Waals surface area (Å²) in [6.07, 6.45) is 0. The molecule has 0 saturated heterocycles. The summed E-state index contributed by atoms with van der Waals surface area (Å²) in [5.74, 6) is 0. The molecule has 0 bridgehead atoms. The van der Waals surface area contributed by atoms with E-state index >= 15 is 0 Å². The zero-order valence-corrected chi connectivity index (χ0v) is 7.56. The highest BCUT2D eigenvalue weighted by molar-refractivity contribution is 5.85. The average Bonchev–Trinajstić information content (AvgIpc) is 1.88. The fraction of sp³-hybridized carbons (Fsp3) is 0.250. The quantitative estimate of drug-likeness (QED) is 0.655. The van der Waals surface area contributed by atoms with Crippen LogP contribution >= 0.6 is 12.4 Å². The Labute approximate surface area is 73.4 Å². The van der Waals surface area contributed by atoms with Gasteiger partial charge in [0.15, 0.2) is 0 Å². The fourth-order valence-corrected chi connectivity index (χ4v) is 0.803. The van der Waals surface area contributed by atoms with E-state index in [2.05, 4.69) is 0 Å². The molecule has 1 rings (SSSR count). The first-order valence-electron chi connectivity index (χ1n) is 3.23. The lowest BCUT2D eigenvalue weighted by atomic mass is 10.3. The molecule has 0 aliphatic carbocycles. The number of hydrogen-bond acceptors (Lipinski definition) is 2. The third-order valence-corrected chi connectivity index (χ3v) is 1.39. The first-order valence-corrected chi connectivity index (χ1v) is 3.23. The molecule has 11 heavy (non-hydrogen) atoms. The molecule has 2 nitrogen and oxygen atoms in total. The van der Waals surface area contributed by atoms with Crippen molar-refractivity contribution in [2.24, 2.45) is 0 Å². The van der Waals surface area contributed by atoms with E-state index in [1.165, 1.54) is 0 Å². The fourth-order valence-electron chi connectivity index (χ4n) is 0.803. The van der Waals surface area contributed by atoms with Gasteiger partial charge in [0, 0.05) is 25.5 Å². The number of rotatable bonds is 1. The Kier molecular flexibility index (Phi) is 3.76. The second-order valence-corrected chi connectivity index (χ2v) is 2.49. The number of halogens is 1. The summed E-state index contributed by atoms with van der Waals surface area (Å²) >= 11 is 0. The van der Waals surface area contributed by atoms with E-state index in [1.54, 1.807) is 0 Å². The van der Waals surface area contributed by atoms with Gasteiger partial charge in [0.25, 0.3) is 0 Å². The molecule has 0 heterocycles. The first kappa shape index (κ1) is 10.1. The Hall–Kier alpha value is -0.890. The highest BCUT2D eigenvalue weighted by Gasteiger charge is 1.92. The molecule has 62 valence electrons. The lowest BCUT2D eigenvalue weighted by Gasteiger charge is -2.11. The summed E-state index contributed by atoms with van der Waals surface area (Å²) in [5.41, 5.74) is 7.52. The molecule has 0 aromatic heterocycles. The van der Waals surface area contributed by atoms with E-state index in [-0.39, 0.29) is 12.4 Å². The van der Waals surface area contributed by atoms with Crippen LogP contribution in [0.25, 0.3) is 0 Å². The van der Waals surface area contributed by atoms with Crippen molar-refractivity contribution in [3.05, 3.63) is 24.3 Å². The molecule has 0 radical (unpaired) electrons. The summed E-state index contributed by atoms with van der Waals surface area (Å²) in [6, 6.07) is 7.80. The number of anilines is 2. The second kappa shape index (κ2) is 4.09. The maximum Gasteiger partial charge on any atom is 0.0381 e. The number of nitrogen functional groups attached to an aromatic ring is 1. The van der Waals surface area contributed by atoms with Gasteiger partial charge in [-0.1, -0.05) is 6.07 Å². The van der Waals surface area contributed by atoms with E-state index in [4.69, 9.17) is 5.73 Å². The number of hydrogen-bond donors (Lipinski definition) is 1. The van der Waals surface area contributed by atoms with Crippen LogP contribution in [0.5, 0.6) is 0 Å². The van der Waals surface area contributed by atoms with E-state index in [0.717, 1.165) is 11.4 Å². The van der Waals surface area contributed by atoms with Crippen LogP contribution in [-0.2, 0) is 0 Å². The normalized spacial score (nSPS) is 8.55. The van der Waals surface area contributed by atoms with Crippen molar-refractivity contribution in [2.75, 3.05) is 24.7 Å². The minimum atomic E-state index is 0. The minimum absolute atomic E-state index is 0. The van der Waals surface area contributed by atoms with Crippen LogP contribution < -0.4 is 10.6 Å². The van der Waals surface area contributed by atoms with Gasteiger partial charge in [0.2, 0.25) is 0 Å². The van der Waals surface area contributed by atoms with Gasteiger partial charge >= 0.3 is 0 Å². The van der Waals surface area contributed by atoms with Gasteiger partial charge in [-0.05, 0) is 18.2 Å². The molecular weight excluding hydrogens is 160 g/mol. The highest BCUT2D eigenvalue weighted by atomic mass is 35.5. The zero-order chi connectivity index (χ0) is 7.56. The van der Waals surface area contributed by atoms with Gasteiger partial charge in [0.05, 0.1) is 0 Å². The monoisotopic (exact) mass is 172 g/mol. The summed E-state index contributed by atoms with van der Waals surface area (Å²) in [4.78, 5) is 2.02. The first-order chi connectivity index (χ1) is 4.70. The number of nitrogens with two attached hydrogens (primary N) is 1.